The molecule has 0 fully saturated rings. The molecule has 72 valence electrons. The second-order valence-electron chi connectivity index (χ2n) is 2.24. The van der Waals surface area contributed by atoms with E-state index in [1.54, 1.807) is 18.2 Å². The summed E-state index contributed by atoms with van der Waals surface area (Å²) in [5.74, 6) is 0.329. The Morgan fingerprint density at radius 2 is 1.54 bits per heavy atom. The van der Waals surface area contributed by atoms with E-state index in [0.29, 0.717) is 5.75 Å². The van der Waals surface area contributed by atoms with Crippen LogP contribution in [0.4, 0.5) is 0 Å². The first-order valence-corrected chi connectivity index (χ1v) is 3.88. The molecule has 0 amide bonds. The van der Waals surface area contributed by atoms with Gasteiger partial charge in [-0.2, -0.15) is 0 Å². The fourth-order valence-electron chi connectivity index (χ4n) is 0.545. The van der Waals surface area contributed by atoms with Gasteiger partial charge in [0.25, 0.3) is 0 Å². The molecule has 0 heterocycles. The van der Waals surface area contributed by atoms with Crippen LogP contribution in [0.2, 0.25) is 0 Å². The molecule has 0 spiro atoms. The Hall–Kier alpha value is -1.57. The summed E-state index contributed by atoms with van der Waals surface area (Å²) in [6.45, 7) is 9.74. The van der Waals surface area contributed by atoms with Gasteiger partial charge in [0.15, 0.2) is 0 Å². The standard InChI is InChI=1S/C7H8O.C3H6.CH3N/c1-6-2-4-7(8)5-3-6;1-3-2;1-2/h2-5,8H,1H3;3H,1H2,2H3;2H,1H2. The fraction of sp³-hybridized carbons (Fsp3) is 0.182. The van der Waals surface area contributed by atoms with Crippen molar-refractivity contribution in [3.8, 4) is 5.75 Å². The minimum atomic E-state index is 0.329. The molecule has 0 atom stereocenters. The molecule has 0 aliphatic carbocycles. The zero-order valence-electron chi connectivity index (χ0n) is 8.25. The van der Waals surface area contributed by atoms with E-state index in [-0.39, 0.29) is 0 Å². The van der Waals surface area contributed by atoms with Crippen LogP contribution < -0.4 is 0 Å². The average molecular weight is 179 g/mol. The number of phenols is 1. The summed E-state index contributed by atoms with van der Waals surface area (Å²) >= 11 is 0. The Morgan fingerprint density at radius 1 is 1.23 bits per heavy atom. The van der Waals surface area contributed by atoms with Gasteiger partial charge in [-0.15, -0.1) is 6.58 Å². The third kappa shape index (κ3) is 10.4. The lowest BCUT2D eigenvalue weighted by atomic mass is 10.2. The second kappa shape index (κ2) is 10.4. The molecule has 0 bridgehead atoms. The van der Waals surface area contributed by atoms with Gasteiger partial charge in [0.1, 0.15) is 5.75 Å². The van der Waals surface area contributed by atoms with Crippen molar-refractivity contribution in [3.63, 3.8) is 0 Å². The van der Waals surface area contributed by atoms with E-state index in [1.165, 1.54) is 5.56 Å². The third-order valence-electron chi connectivity index (χ3n) is 1.03. The quantitative estimate of drug-likeness (QED) is 0.466. The average Bonchev–Trinajstić information content (AvgIpc) is 2.15. The minimum absolute atomic E-state index is 0.329. The topological polar surface area (TPSA) is 44.1 Å². The van der Waals surface area contributed by atoms with Crippen LogP contribution in [0.5, 0.6) is 5.75 Å². The zero-order valence-corrected chi connectivity index (χ0v) is 8.25. The SMILES string of the molecule is C=CC.C=N.Cc1ccc(O)cc1. The molecule has 2 heteroatoms. The van der Waals surface area contributed by atoms with Crippen molar-refractivity contribution in [2.24, 2.45) is 0 Å². The van der Waals surface area contributed by atoms with Crippen LogP contribution in [0.3, 0.4) is 0 Å². The number of rotatable bonds is 0. The van der Waals surface area contributed by atoms with E-state index in [9.17, 15) is 0 Å². The predicted octanol–water partition coefficient (Wildman–Crippen LogP) is 3.16. The maximum absolute atomic E-state index is 8.76. The largest absolute Gasteiger partial charge is 0.508 e. The van der Waals surface area contributed by atoms with Crippen molar-refractivity contribution in [1.82, 2.24) is 0 Å². The number of hydrogen-bond acceptors (Lipinski definition) is 2. The highest BCUT2D eigenvalue weighted by Crippen LogP contribution is 2.07. The number of allylic oxidation sites excluding steroid dienone is 1. The number of nitrogens with one attached hydrogen (secondary N) is 1. The van der Waals surface area contributed by atoms with Crippen LogP contribution in [0, 0.1) is 12.3 Å². The highest BCUT2D eigenvalue weighted by atomic mass is 16.3. The van der Waals surface area contributed by atoms with Gasteiger partial charge in [0.2, 0.25) is 0 Å². The first-order valence-electron chi connectivity index (χ1n) is 3.88. The van der Waals surface area contributed by atoms with E-state index in [4.69, 9.17) is 10.5 Å². The Balaban J connectivity index is 0. The second-order valence-corrected chi connectivity index (χ2v) is 2.24. The summed E-state index contributed by atoms with van der Waals surface area (Å²) < 4.78 is 0. The third-order valence-corrected chi connectivity index (χ3v) is 1.03. The number of aromatic hydroxyl groups is 1. The van der Waals surface area contributed by atoms with E-state index < -0.39 is 0 Å². The van der Waals surface area contributed by atoms with Gasteiger partial charge in [0, 0.05) is 0 Å². The van der Waals surface area contributed by atoms with Gasteiger partial charge >= 0.3 is 0 Å². The van der Waals surface area contributed by atoms with Crippen molar-refractivity contribution < 1.29 is 5.11 Å². The Kier molecular flexibility index (Phi) is 11.2. The van der Waals surface area contributed by atoms with Crippen LogP contribution in [0.1, 0.15) is 12.5 Å². The smallest absolute Gasteiger partial charge is 0.115 e. The molecule has 1 aromatic carbocycles. The number of phenolic OH excluding ortho intramolecular Hbond substituents is 1. The van der Waals surface area contributed by atoms with Crippen molar-refractivity contribution in [2.45, 2.75) is 13.8 Å². The molecular weight excluding hydrogens is 162 g/mol. The lowest BCUT2D eigenvalue weighted by Gasteiger charge is -1.89. The van der Waals surface area contributed by atoms with Crippen LogP contribution in [-0.2, 0) is 0 Å². The van der Waals surface area contributed by atoms with Crippen LogP contribution in [0.15, 0.2) is 36.9 Å². The van der Waals surface area contributed by atoms with E-state index in [2.05, 4.69) is 13.3 Å². The summed E-state index contributed by atoms with van der Waals surface area (Å²) in [7, 11) is 0. The van der Waals surface area contributed by atoms with Crippen molar-refractivity contribution in [2.75, 3.05) is 0 Å². The minimum Gasteiger partial charge on any atom is -0.508 e. The Labute approximate surface area is 80.1 Å². The van der Waals surface area contributed by atoms with Gasteiger partial charge in [-0.25, -0.2) is 0 Å². The van der Waals surface area contributed by atoms with E-state index >= 15 is 0 Å². The molecule has 1 aromatic rings. The molecule has 0 saturated heterocycles. The molecule has 2 nitrogen and oxygen atoms in total. The van der Waals surface area contributed by atoms with Gasteiger partial charge < -0.3 is 10.5 Å². The maximum atomic E-state index is 8.76. The first-order chi connectivity index (χ1) is 6.20. The van der Waals surface area contributed by atoms with Gasteiger partial charge in [-0.05, 0) is 32.7 Å². The summed E-state index contributed by atoms with van der Waals surface area (Å²) in [6, 6.07) is 7.09. The summed E-state index contributed by atoms with van der Waals surface area (Å²) in [4.78, 5) is 0. The first kappa shape index (κ1) is 14.0. The van der Waals surface area contributed by atoms with Gasteiger partial charge in [-0.1, -0.05) is 23.8 Å². The summed E-state index contributed by atoms with van der Waals surface area (Å²) in [6.07, 6.45) is 1.75. The molecule has 0 unspecified atom stereocenters. The normalized spacial score (nSPS) is 6.92. The number of aryl methyl sites for hydroxylation is 1. The molecule has 0 aliphatic heterocycles. The maximum Gasteiger partial charge on any atom is 0.115 e. The van der Waals surface area contributed by atoms with Crippen molar-refractivity contribution in [1.29, 1.82) is 5.41 Å². The molecular formula is C11H17NO. The van der Waals surface area contributed by atoms with Gasteiger partial charge in [0.05, 0.1) is 0 Å². The molecule has 0 aliphatic rings. The lowest BCUT2D eigenvalue weighted by Crippen LogP contribution is -1.66. The van der Waals surface area contributed by atoms with Crippen LogP contribution in [0.25, 0.3) is 0 Å². The van der Waals surface area contributed by atoms with Crippen LogP contribution in [-0.4, -0.2) is 11.8 Å². The highest BCUT2D eigenvalue weighted by molar-refractivity contribution is 5.24. The number of hydrogen-bond donors (Lipinski definition) is 2. The molecule has 0 saturated carbocycles. The monoisotopic (exact) mass is 179 g/mol. The molecule has 0 aromatic heterocycles. The van der Waals surface area contributed by atoms with Crippen molar-refractivity contribution in [3.05, 3.63) is 42.5 Å². The number of benzene rings is 1. The van der Waals surface area contributed by atoms with Crippen LogP contribution >= 0.6 is 0 Å². The lowest BCUT2D eigenvalue weighted by molar-refractivity contribution is 0.475. The molecule has 2 N–H and O–H groups in total. The van der Waals surface area contributed by atoms with Gasteiger partial charge in [-0.3, -0.25) is 0 Å². The summed E-state index contributed by atoms with van der Waals surface area (Å²) in [5.41, 5.74) is 1.17. The highest BCUT2D eigenvalue weighted by Gasteiger charge is 1.82. The molecule has 13 heavy (non-hydrogen) atoms. The summed E-state index contributed by atoms with van der Waals surface area (Å²) in [5, 5.41) is 14.3. The fourth-order valence-corrected chi connectivity index (χ4v) is 0.545. The predicted molar refractivity (Wildman–Crippen MR) is 58.6 cm³/mol. The molecule has 1 rings (SSSR count). The van der Waals surface area contributed by atoms with Crippen molar-refractivity contribution >= 4 is 6.72 Å². The van der Waals surface area contributed by atoms with E-state index in [1.807, 2.05) is 26.0 Å². The zero-order chi connectivity index (χ0) is 10.7. The molecule has 0 radical (unpaired) electrons. The van der Waals surface area contributed by atoms with E-state index in [0.717, 1.165) is 0 Å². The Morgan fingerprint density at radius 3 is 1.77 bits per heavy atom. The Bertz CT molecular complexity index is 195.